The molecule has 1 aliphatic heterocycles. The summed E-state index contributed by atoms with van der Waals surface area (Å²) in [6.45, 7) is 4.12. The third-order valence-electron chi connectivity index (χ3n) is 6.09. The van der Waals surface area contributed by atoms with Crippen molar-refractivity contribution in [3.8, 4) is 0 Å². The van der Waals surface area contributed by atoms with E-state index in [1.165, 1.54) is 6.33 Å². The Morgan fingerprint density at radius 2 is 2.00 bits per heavy atom. The van der Waals surface area contributed by atoms with Gasteiger partial charge in [0.25, 0.3) is 10.0 Å². The second-order valence-electron chi connectivity index (χ2n) is 8.35. The van der Waals surface area contributed by atoms with Gasteiger partial charge in [-0.2, -0.15) is 4.37 Å². The molecule has 1 fully saturated rings. The topological polar surface area (TPSA) is 100 Å². The van der Waals surface area contributed by atoms with Crippen molar-refractivity contribution in [2.45, 2.75) is 24.4 Å². The first-order valence-corrected chi connectivity index (χ1v) is 13.6. The van der Waals surface area contributed by atoms with Crippen molar-refractivity contribution >= 4 is 60.8 Å². The third-order valence-corrected chi connectivity index (χ3v) is 8.46. The molecule has 3 heterocycles. The summed E-state index contributed by atoms with van der Waals surface area (Å²) < 4.78 is 33.2. The minimum atomic E-state index is -3.73. The summed E-state index contributed by atoms with van der Waals surface area (Å²) in [5, 5.41) is 1.85. The zero-order valence-electron chi connectivity index (χ0n) is 18.8. The van der Waals surface area contributed by atoms with Crippen LogP contribution >= 0.6 is 23.1 Å². The molecule has 0 unspecified atom stereocenters. The molecule has 184 valence electrons. The summed E-state index contributed by atoms with van der Waals surface area (Å²) in [4.78, 5) is 21.2. The smallest absolute Gasteiger partial charge is 0.263 e. The fraction of sp³-hybridized carbons (Fsp3) is 0.261. The SMILES string of the molecule is C[C@@H]1CN(c2ccc(S(=O)(=O)Nc3ncns3)cc2)CCN1C(=O)Cn1ccc2cccc(Cl)c21.[HH]. The predicted molar refractivity (Wildman–Crippen MR) is 140 cm³/mol. The summed E-state index contributed by atoms with van der Waals surface area (Å²) in [5.74, 6) is 0.0405. The average molecular weight is 533 g/mol. The van der Waals surface area contributed by atoms with Crippen molar-refractivity contribution < 1.29 is 14.6 Å². The molecule has 4 aromatic rings. The Labute approximate surface area is 213 Å². The van der Waals surface area contributed by atoms with Crippen LogP contribution in [0.25, 0.3) is 10.9 Å². The molecule has 2 aromatic carbocycles. The molecule has 0 saturated carbocycles. The molecule has 1 amide bonds. The van der Waals surface area contributed by atoms with Gasteiger partial charge < -0.3 is 14.4 Å². The largest absolute Gasteiger partial charge is 0.368 e. The van der Waals surface area contributed by atoms with Gasteiger partial charge in [0.2, 0.25) is 11.0 Å². The van der Waals surface area contributed by atoms with E-state index >= 15 is 0 Å². The summed E-state index contributed by atoms with van der Waals surface area (Å²) in [6, 6.07) is 14.4. The zero-order chi connectivity index (χ0) is 24.6. The number of sulfonamides is 1. The normalized spacial score (nSPS) is 16.6. The van der Waals surface area contributed by atoms with Crippen LogP contribution in [-0.4, -0.2) is 58.8 Å². The molecule has 2 aromatic heterocycles. The minimum absolute atomic E-state index is 0. The first kappa shape index (κ1) is 23.6. The monoisotopic (exact) mass is 532 g/mol. The van der Waals surface area contributed by atoms with Crippen LogP contribution in [0.5, 0.6) is 0 Å². The predicted octanol–water partition coefficient (Wildman–Crippen LogP) is 3.93. The number of aromatic nitrogens is 3. The highest BCUT2D eigenvalue weighted by molar-refractivity contribution is 7.93. The minimum Gasteiger partial charge on any atom is -0.368 e. The summed E-state index contributed by atoms with van der Waals surface area (Å²) in [6.07, 6.45) is 3.19. The Bertz CT molecular complexity index is 1460. The Kier molecular flexibility index (Phi) is 6.39. The lowest BCUT2D eigenvalue weighted by atomic mass is 10.1. The maximum absolute atomic E-state index is 13.1. The van der Waals surface area contributed by atoms with Gasteiger partial charge in [0.1, 0.15) is 12.9 Å². The van der Waals surface area contributed by atoms with Crippen molar-refractivity contribution in [1.82, 2.24) is 18.8 Å². The standard InChI is InChI=1S/C23H23ClN6O3S2.H2/c1-16-13-28(18-5-7-19(8-6-18)35(32,33)27-23-25-15-26-34-23)11-12-30(16)21(31)14-29-10-9-17-3-2-4-20(24)22(17)29;/h2-10,15-16H,11-14H2,1H3,(H,25,26,27);1H/t16-;/m1./s1. The number of carbonyl (C=O) groups excluding carboxylic acids is 1. The van der Waals surface area contributed by atoms with E-state index in [4.69, 9.17) is 11.6 Å². The van der Waals surface area contributed by atoms with E-state index in [1.807, 2.05) is 46.9 Å². The summed E-state index contributed by atoms with van der Waals surface area (Å²) in [5.41, 5.74) is 1.77. The van der Waals surface area contributed by atoms with Crippen molar-refractivity contribution in [1.29, 1.82) is 0 Å². The number of amides is 1. The number of para-hydroxylation sites is 1. The van der Waals surface area contributed by atoms with Crippen LogP contribution in [0.4, 0.5) is 10.8 Å². The van der Waals surface area contributed by atoms with Gasteiger partial charge in [0, 0.05) is 55.9 Å². The van der Waals surface area contributed by atoms with Crippen LogP contribution in [-0.2, 0) is 21.4 Å². The lowest BCUT2D eigenvalue weighted by Gasteiger charge is -2.41. The van der Waals surface area contributed by atoms with E-state index in [-0.39, 0.29) is 29.9 Å². The number of hydrogen-bond donors (Lipinski definition) is 1. The number of nitrogens with zero attached hydrogens (tertiary/aromatic N) is 5. The first-order valence-electron chi connectivity index (χ1n) is 11.0. The summed E-state index contributed by atoms with van der Waals surface area (Å²) >= 11 is 7.34. The molecule has 12 heteroatoms. The van der Waals surface area contributed by atoms with Gasteiger partial charge in [0.05, 0.1) is 15.4 Å². The number of rotatable bonds is 6. The van der Waals surface area contributed by atoms with E-state index in [1.54, 1.807) is 24.3 Å². The molecule has 35 heavy (non-hydrogen) atoms. The maximum Gasteiger partial charge on any atom is 0.263 e. The molecule has 0 aliphatic carbocycles. The van der Waals surface area contributed by atoms with E-state index < -0.39 is 10.0 Å². The van der Waals surface area contributed by atoms with Gasteiger partial charge >= 0.3 is 0 Å². The van der Waals surface area contributed by atoms with Crippen molar-refractivity contribution in [3.05, 3.63) is 66.1 Å². The lowest BCUT2D eigenvalue weighted by Crippen LogP contribution is -2.54. The number of carbonyl (C=O) groups is 1. The fourth-order valence-electron chi connectivity index (χ4n) is 4.37. The number of piperazine rings is 1. The van der Waals surface area contributed by atoms with Crippen molar-refractivity contribution in [2.24, 2.45) is 0 Å². The number of fused-ring (bicyclic) bond motifs is 1. The molecule has 0 spiro atoms. The quantitative estimate of drug-likeness (QED) is 0.404. The van der Waals surface area contributed by atoms with Crippen LogP contribution in [0.2, 0.25) is 5.02 Å². The Hall–Kier alpha value is -3.15. The highest BCUT2D eigenvalue weighted by Crippen LogP contribution is 2.26. The molecule has 0 radical (unpaired) electrons. The highest BCUT2D eigenvalue weighted by Gasteiger charge is 2.28. The average Bonchev–Trinajstić information content (AvgIpc) is 3.49. The molecule has 9 nitrogen and oxygen atoms in total. The molecule has 1 N–H and O–H groups in total. The van der Waals surface area contributed by atoms with Crippen LogP contribution in [0.15, 0.2) is 66.0 Å². The number of halogens is 1. The van der Waals surface area contributed by atoms with Crippen LogP contribution < -0.4 is 9.62 Å². The molecular formula is C23H25ClN6O3S2. The zero-order valence-corrected chi connectivity index (χ0v) is 21.2. The van der Waals surface area contributed by atoms with Crippen molar-refractivity contribution in [2.75, 3.05) is 29.3 Å². The molecule has 5 rings (SSSR count). The van der Waals surface area contributed by atoms with Gasteiger partial charge in [0.15, 0.2) is 0 Å². The number of hydrogen-bond acceptors (Lipinski definition) is 7. The molecule has 1 aliphatic rings. The van der Waals surface area contributed by atoms with Crippen LogP contribution in [0, 0.1) is 0 Å². The Morgan fingerprint density at radius 1 is 1.20 bits per heavy atom. The highest BCUT2D eigenvalue weighted by atomic mass is 35.5. The van der Waals surface area contributed by atoms with E-state index in [2.05, 4.69) is 19.0 Å². The first-order chi connectivity index (χ1) is 16.8. The van der Waals surface area contributed by atoms with Gasteiger partial charge in [-0.25, -0.2) is 13.4 Å². The van der Waals surface area contributed by atoms with Gasteiger partial charge in [-0.15, -0.1) is 0 Å². The number of anilines is 2. The van der Waals surface area contributed by atoms with Gasteiger partial charge in [-0.05, 0) is 43.3 Å². The lowest BCUT2D eigenvalue weighted by molar-refractivity contribution is -0.134. The second kappa shape index (κ2) is 9.48. The number of nitrogens with one attached hydrogen (secondary N) is 1. The van der Waals surface area contributed by atoms with Crippen LogP contribution in [0.3, 0.4) is 0 Å². The van der Waals surface area contributed by atoms with Gasteiger partial charge in [-0.3, -0.25) is 9.52 Å². The molecule has 1 atom stereocenters. The van der Waals surface area contributed by atoms with E-state index in [0.29, 0.717) is 24.7 Å². The van der Waals surface area contributed by atoms with Crippen LogP contribution in [0.1, 0.15) is 8.35 Å². The summed E-state index contributed by atoms with van der Waals surface area (Å²) in [7, 11) is -3.73. The Balaban J connectivity index is 0.00000304. The third kappa shape index (κ3) is 4.84. The fourth-order valence-corrected chi connectivity index (χ4v) is 6.33. The number of benzene rings is 2. The Morgan fingerprint density at radius 3 is 2.71 bits per heavy atom. The van der Waals surface area contributed by atoms with E-state index in [0.717, 1.165) is 28.1 Å². The second-order valence-corrected chi connectivity index (χ2v) is 11.2. The molecule has 0 bridgehead atoms. The molecular weight excluding hydrogens is 508 g/mol. The van der Waals surface area contributed by atoms with Crippen molar-refractivity contribution in [3.63, 3.8) is 0 Å². The van der Waals surface area contributed by atoms with E-state index in [9.17, 15) is 13.2 Å². The van der Waals surface area contributed by atoms with Gasteiger partial charge in [-0.1, -0.05) is 23.7 Å². The molecule has 1 saturated heterocycles. The maximum atomic E-state index is 13.1.